The summed E-state index contributed by atoms with van der Waals surface area (Å²) in [6, 6.07) is 9.10. The van der Waals surface area contributed by atoms with Crippen LogP contribution in [0.1, 0.15) is 16.0 Å². The van der Waals surface area contributed by atoms with Crippen LogP contribution in [0.4, 0.5) is 13.2 Å². The maximum absolute atomic E-state index is 13.0. The second-order valence-electron chi connectivity index (χ2n) is 3.62. The van der Waals surface area contributed by atoms with Gasteiger partial charge >= 0.3 is 0 Å². The zero-order chi connectivity index (χ0) is 12.4. The zero-order valence-electron chi connectivity index (χ0n) is 8.63. The maximum atomic E-state index is 13.0. The molecule has 0 saturated carbocycles. The molecule has 88 valence electrons. The first-order chi connectivity index (χ1) is 8.06. The topological polar surface area (TPSA) is 0 Å². The van der Waals surface area contributed by atoms with Gasteiger partial charge in [-0.05, 0) is 35.4 Å². The van der Waals surface area contributed by atoms with E-state index in [1.54, 1.807) is 12.1 Å². The second kappa shape index (κ2) is 4.92. The van der Waals surface area contributed by atoms with Crippen molar-refractivity contribution in [3.63, 3.8) is 0 Å². The fourth-order valence-electron chi connectivity index (χ4n) is 1.58. The molecule has 4 heteroatoms. The molecule has 0 bridgehead atoms. The first-order valence-electron chi connectivity index (χ1n) is 4.92. The van der Waals surface area contributed by atoms with Gasteiger partial charge < -0.3 is 0 Å². The van der Waals surface area contributed by atoms with Crippen LogP contribution >= 0.6 is 15.9 Å². The van der Waals surface area contributed by atoms with Gasteiger partial charge in [0, 0.05) is 6.07 Å². The van der Waals surface area contributed by atoms with Crippen LogP contribution in [-0.4, -0.2) is 0 Å². The van der Waals surface area contributed by atoms with Crippen LogP contribution in [0.5, 0.6) is 0 Å². The molecule has 0 unspecified atom stereocenters. The Morgan fingerprint density at radius 3 is 1.94 bits per heavy atom. The fraction of sp³-hybridized carbons (Fsp3) is 0.0769. The summed E-state index contributed by atoms with van der Waals surface area (Å²) in [7, 11) is 0. The van der Waals surface area contributed by atoms with Crippen LogP contribution in [-0.2, 0) is 0 Å². The van der Waals surface area contributed by atoms with Gasteiger partial charge in [-0.1, -0.05) is 28.1 Å². The van der Waals surface area contributed by atoms with E-state index in [1.165, 1.54) is 24.3 Å². The third-order valence-corrected chi connectivity index (χ3v) is 3.38. The first kappa shape index (κ1) is 12.2. The van der Waals surface area contributed by atoms with Crippen molar-refractivity contribution >= 4 is 15.9 Å². The van der Waals surface area contributed by atoms with Gasteiger partial charge in [0.05, 0.1) is 4.83 Å². The molecule has 0 amide bonds. The summed E-state index contributed by atoms with van der Waals surface area (Å²) in [5.41, 5.74) is 1.02. The van der Waals surface area contributed by atoms with Crippen LogP contribution in [0.3, 0.4) is 0 Å². The van der Waals surface area contributed by atoms with Crippen molar-refractivity contribution in [3.05, 3.63) is 71.0 Å². The zero-order valence-corrected chi connectivity index (χ0v) is 10.2. The molecule has 2 aromatic carbocycles. The Morgan fingerprint density at radius 1 is 0.765 bits per heavy atom. The molecule has 0 aliphatic carbocycles. The summed E-state index contributed by atoms with van der Waals surface area (Å²) in [5.74, 6) is -1.69. The standard InChI is InChI=1S/C13H8BrF3/c14-13(8-2-1-3-10(15)4-8)9-5-11(16)7-12(17)6-9/h1-7,13H/t13-/m0/s1. The Hall–Kier alpha value is -1.29. The Balaban J connectivity index is 2.39. The summed E-state index contributed by atoms with van der Waals surface area (Å²) in [4.78, 5) is -0.441. The van der Waals surface area contributed by atoms with E-state index >= 15 is 0 Å². The molecular formula is C13H8BrF3. The first-order valence-corrected chi connectivity index (χ1v) is 5.83. The SMILES string of the molecule is Fc1cccc([C@H](Br)c2cc(F)cc(F)c2)c1. The van der Waals surface area contributed by atoms with Crippen LogP contribution < -0.4 is 0 Å². The summed E-state index contributed by atoms with van der Waals surface area (Å²) in [6.07, 6.45) is 0. The molecule has 0 saturated heterocycles. The molecule has 0 N–H and O–H groups in total. The molecule has 0 aliphatic rings. The number of hydrogen-bond donors (Lipinski definition) is 0. The van der Waals surface area contributed by atoms with Crippen molar-refractivity contribution in [2.45, 2.75) is 4.83 Å². The predicted octanol–water partition coefficient (Wildman–Crippen LogP) is 4.59. The quantitative estimate of drug-likeness (QED) is 0.712. The van der Waals surface area contributed by atoms with E-state index in [1.807, 2.05) is 0 Å². The fourth-order valence-corrected chi connectivity index (χ4v) is 2.13. The van der Waals surface area contributed by atoms with Gasteiger partial charge in [-0.3, -0.25) is 0 Å². The van der Waals surface area contributed by atoms with Crippen molar-refractivity contribution in [2.24, 2.45) is 0 Å². The molecule has 0 nitrogen and oxygen atoms in total. The summed E-state index contributed by atoms with van der Waals surface area (Å²) in [6.45, 7) is 0. The van der Waals surface area contributed by atoms with Crippen LogP contribution in [0, 0.1) is 17.5 Å². The van der Waals surface area contributed by atoms with Crippen LogP contribution in [0.15, 0.2) is 42.5 Å². The summed E-state index contributed by atoms with van der Waals surface area (Å²) in [5, 5.41) is 0. The molecular weight excluding hydrogens is 293 g/mol. The highest BCUT2D eigenvalue weighted by Crippen LogP contribution is 2.31. The Morgan fingerprint density at radius 2 is 1.35 bits per heavy atom. The molecule has 0 radical (unpaired) electrons. The molecule has 1 atom stereocenters. The summed E-state index contributed by atoms with van der Waals surface area (Å²) < 4.78 is 39.1. The van der Waals surface area contributed by atoms with Gasteiger partial charge in [-0.25, -0.2) is 13.2 Å². The van der Waals surface area contributed by atoms with E-state index in [2.05, 4.69) is 15.9 Å². The minimum atomic E-state index is -0.652. The van der Waals surface area contributed by atoms with Gasteiger partial charge in [-0.2, -0.15) is 0 Å². The van der Waals surface area contributed by atoms with Crippen molar-refractivity contribution in [1.29, 1.82) is 0 Å². The summed E-state index contributed by atoms with van der Waals surface area (Å²) >= 11 is 3.30. The van der Waals surface area contributed by atoms with Crippen LogP contribution in [0.25, 0.3) is 0 Å². The minimum absolute atomic E-state index is 0.385. The smallest absolute Gasteiger partial charge is 0.126 e. The van der Waals surface area contributed by atoms with Crippen LogP contribution in [0.2, 0.25) is 0 Å². The van der Waals surface area contributed by atoms with Gasteiger partial charge in [0.25, 0.3) is 0 Å². The molecule has 0 heterocycles. The van der Waals surface area contributed by atoms with E-state index in [-0.39, 0.29) is 5.82 Å². The van der Waals surface area contributed by atoms with E-state index in [4.69, 9.17) is 0 Å². The highest BCUT2D eigenvalue weighted by atomic mass is 79.9. The molecule has 0 fully saturated rings. The van der Waals surface area contributed by atoms with Gasteiger partial charge in [0.1, 0.15) is 17.5 Å². The lowest BCUT2D eigenvalue weighted by atomic mass is 10.0. The third kappa shape index (κ3) is 2.88. The van der Waals surface area contributed by atoms with Gasteiger partial charge in [0.15, 0.2) is 0 Å². The van der Waals surface area contributed by atoms with Crippen molar-refractivity contribution in [2.75, 3.05) is 0 Å². The van der Waals surface area contributed by atoms with Crippen molar-refractivity contribution < 1.29 is 13.2 Å². The lowest BCUT2D eigenvalue weighted by Crippen LogP contribution is -1.95. The van der Waals surface area contributed by atoms with Crippen molar-refractivity contribution in [1.82, 2.24) is 0 Å². The number of rotatable bonds is 2. The third-order valence-electron chi connectivity index (χ3n) is 2.32. The predicted molar refractivity (Wildman–Crippen MR) is 63.5 cm³/mol. The lowest BCUT2D eigenvalue weighted by molar-refractivity contribution is 0.580. The highest BCUT2D eigenvalue weighted by Gasteiger charge is 2.13. The average molecular weight is 301 g/mol. The lowest BCUT2D eigenvalue weighted by Gasteiger charge is -2.11. The van der Waals surface area contributed by atoms with E-state index in [9.17, 15) is 13.2 Å². The Labute approximate surface area is 105 Å². The molecule has 2 rings (SSSR count). The number of hydrogen-bond acceptors (Lipinski definition) is 0. The Kier molecular flexibility index (Phi) is 3.52. The second-order valence-corrected chi connectivity index (χ2v) is 4.54. The van der Waals surface area contributed by atoms with E-state index in [0.717, 1.165) is 6.07 Å². The molecule has 17 heavy (non-hydrogen) atoms. The monoisotopic (exact) mass is 300 g/mol. The van der Waals surface area contributed by atoms with E-state index < -0.39 is 16.5 Å². The number of halogens is 4. The molecule has 0 spiro atoms. The van der Waals surface area contributed by atoms with Gasteiger partial charge in [0.2, 0.25) is 0 Å². The van der Waals surface area contributed by atoms with E-state index in [0.29, 0.717) is 11.1 Å². The maximum Gasteiger partial charge on any atom is 0.126 e. The number of alkyl halides is 1. The average Bonchev–Trinajstić information content (AvgIpc) is 2.26. The normalized spacial score (nSPS) is 12.5. The van der Waals surface area contributed by atoms with Crippen molar-refractivity contribution in [3.8, 4) is 0 Å². The number of benzene rings is 2. The minimum Gasteiger partial charge on any atom is -0.207 e. The highest BCUT2D eigenvalue weighted by molar-refractivity contribution is 9.09. The Bertz CT molecular complexity index is 520. The molecule has 2 aromatic rings. The van der Waals surface area contributed by atoms with Gasteiger partial charge in [-0.15, -0.1) is 0 Å². The molecule has 0 aliphatic heterocycles. The molecule has 0 aromatic heterocycles. The largest absolute Gasteiger partial charge is 0.207 e.